The highest BCUT2D eigenvalue weighted by atomic mass is 79.9. The molecule has 0 fully saturated rings. The average Bonchev–Trinajstić information content (AvgIpc) is 2.15. The second kappa shape index (κ2) is 4.44. The van der Waals surface area contributed by atoms with Crippen LogP contribution in [0.5, 0.6) is 0 Å². The molecule has 6 heteroatoms. The summed E-state index contributed by atoms with van der Waals surface area (Å²) in [6.45, 7) is -0.546. The number of nitrogens with zero attached hydrogens (tertiary/aromatic N) is 2. The molecule has 0 bridgehead atoms. The second-order valence-corrected chi connectivity index (χ2v) is 3.25. The third-order valence-corrected chi connectivity index (χ3v) is 2.01. The van der Waals surface area contributed by atoms with Crippen LogP contribution in [-0.2, 0) is 6.61 Å². The van der Waals surface area contributed by atoms with Crippen LogP contribution in [0.2, 0.25) is 0 Å². The Morgan fingerprint density at radius 3 is 2.71 bits per heavy atom. The van der Waals surface area contributed by atoms with E-state index in [0.29, 0.717) is 0 Å². The predicted octanol–water partition coefficient (Wildman–Crippen LogP) is 2.15. The van der Waals surface area contributed by atoms with E-state index in [-0.39, 0.29) is 15.9 Å². The summed E-state index contributed by atoms with van der Waals surface area (Å²) in [5.74, 6) is 0. The van der Waals surface area contributed by atoms with Gasteiger partial charge in [0, 0.05) is 0 Å². The molecule has 14 heavy (non-hydrogen) atoms. The summed E-state index contributed by atoms with van der Waals surface area (Å²) >= 11 is 2.96. The Morgan fingerprint density at radius 2 is 2.29 bits per heavy atom. The summed E-state index contributed by atoms with van der Waals surface area (Å²) in [5, 5.41) is 17.4. The monoisotopic (exact) mass is 262 g/mol. The number of halogens is 3. The molecule has 0 amide bonds. The number of hydrogen-bond donors (Lipinski definition) is 1. The highest BCUT2D eigenvalue weighted by Gasteiger charge is 2.19. The predicted molar refractivity (Wildman–Crippen MR) is 47.5 cm³/mol. The Kier molecular flexibility index (Phi) is 3.49. The molecule has 1 aromatic heterocycles. The molecule has 0 spiro atoms. The normalized spacial score (nSPS) is 10.3. The number of aromatic nitrogens is 1. The van der Waals surface area contributed by atoms with Gasteiger partial charge in [0.25, 0.3) is 6.43 Å². The van der Waals surface area contributed by atoms with Crippen molar-refractivity contribution in [2.45, 2.75) is 13.0 Å². The molecular formula is C8H5BrF2N2O. The molecule has 0 radical (unpaired) electrons. The van der Waals surface area contributed by atoms with Gasteiger partial charge >= 0.3 is 0 Å². The van der Waals surface area contributed by atoms with E-state index in [4.69, 9.17) is 10.4 Å². The molecule has 0 aliphatic heterocycles. The van der Waals surface area contributed by atoms with E-state index >= 15 is 0 Å². The first-order valence-corrected chi connectivity index (χ1v) is 4.38. The minimum atomic E-state index is -2.81. The minimum absolute atomic E-state index is 0.0124. The van der Waals surface area contributed by atoms with Crippen LogP contribution in [0.3, 0.4) is 0 Å². The van der Waals surface area contributed by atoms with Crippen molar-refractivity contribution in [3.63, 3.8) is 0 Å². The van der Waals surface area contributed by atoms with Crippen molar-refractivity contribution in [2.75, 3.05) is 0 Å². The van der Waals surface area contributed by atoms with Crippen LogP contribution in [0.4, 0.5) is 8.78 Å². The van der Waals surface area contributed by atoms with E-state index in [1.807, 2.05) is 0 Å². The molecule has 0 unspecified atom stereocenters. The lowest BCUT2D eigenvalue weighted by Gasteiger charge is -2.07. The van der Waals surface area contributed by atoms with Crippen molar-refractivity contribution < 1.29 is 13.9 Å². The van der Waals surface area contributed by atoms with E-state index in [1.165, 1.54) is 6.07 Å². The zero-order valence-electron chi connectivity index (χ0n) is 6.84. The Hall–Kier alpha value is -1.06. The van der Waals surface area contributed by atoms with E-state index in [9.17, 15) is 8.78 Å². The summed E-state index contributed by atoms with van der Waals surface area (Å²) < 4.78 is 25.2. The molecule has 0 aromatic carbocycles. The minimum Gasteiger partial charge on any atom is -0.392 e. The Labute approximate surface area is 87.1 Å². The lowest BCUT2D eigenvalue weighted by atomic mass is 10.1. The lowest BCUT2D eigenvalue weighted by molar-refractivity contribution is 0.146. The summed E-state index contributed by atoms with van der Waals surface area (Å²) in [4.78, 5) is 3.59. The van der Waals surface area contributed by atoms with Crippen LogP contribution >= 0.6 is 15.9 Å². The molecular weight excluding hydrogens is 258 g/mol. The molecule has 0 saturated carbocycles. The fourth-order valence-corrected chi connectivity index (χ4v) is 1.49. The Balaban J connectivity index is 3.42. The van der Waals surface area contributed by atoms with E-state index in [1.54, 1.807) is 6.07 Å². The molecule has 0 aliphatic rings. The first-order chi connectivity index (χ1) is 6.60. The van der Waals surface area contributed by atoms with Gasteiger partial charge in [-0.25, -0.2) is 13.8 Å². The largest absolute Gasteiger partial charge is 0.392 e. The molecule has 74 valence electrons. The topological polar surface area (TPSA) is 56.9 Å². The maximum absolute atomic E-state index is 12.5. The zero-order chi connectivity index (χ0) is 10.7. The molecule has 1 rings (SSSR count). The van der Waals surface area contributed by atoms with Gasteiger partial charge < -0.3 is 5.11 Å². The molecule has 1 aromatic rings. The van der Waals surface area contributed by atoms with Gasteiger partial charge in [-0.1, -0.05) is 0 Å². The number of nitriles is 1. The maximum atomic E-state index is 12.5. The Bertz CT molecular complexity index is 390. The first kappa shape index (κ1) is 11.0. The van der Waals surface area contributed by atoms with E-state index in [0.717, 1.165) is 0 Å². The van der Waals surface area contributed by atoms with Crippen LogP contribution in [0.1, 0.15) is 23.2 Å². The quantitative estimate of drug-likeness (QED) is 0.831. The molecule has 3 nitrogen and oxygen atoms in total. The van der Waals surface area contributed by atoms with Gasteiger partial charge in [0.2, 0.25) is 0 Å². The number of pyridine rings is 1. The molecule has 0 aliphatic carbocycles. The standard InChI is InChI=1S/C8H5BrF2N2O/c9-6-1-4(3-14)7(8(10)11)5(2-12)13-6/h1,8,14H,3H2. The molecule has 0 saturated heterocycles. The summed E-state index contributed by atoms with van der Waals surface area (Å²) in [6, 6.07) is 2.83. The van der Waals surface area contributed by atoms with Crippen molar-refractivity contribution in [3.05, 3.63) is 27.5 Å². The summed E-state index contributed by atoms with van der Waals surface area (Å²) in [5.41, 5.74) is -0.852. The Morgan fingerprint density at radius 1 is 1.64 bits per heavy atom. The number of aliphatic hydroxyl groups is 1. The third-order valence-electron chi connectivity index (χ3n) is 1.61. The molecule has 1 heterocycles. The van der Waals surface area contributed by atoms with Gasteiger partial charge in [-0.05, 0) is 27.6 Å². The number of rotatable bonds is 2. The van der Waals surface area contributed by atoms with Crippen molar-refractivity contribution in [1.82, 2.24) is 4.98 Å². The smallest absolute Gasteiger partial charge is 0.267 e. The highest BCUT2D eigenvalue weighted by molar-refractivity contribution is 9.10. The number of aliphatic hydroxyl groups excluding tert-OH is 1. The first-order valence-electron chi connectivity index (χ1n) is 3.58. The molecule has 1 N–H and O–H groups in total. The van der Waals surface area contributed by atoms with Crippen LogP contribution < -0.4 is 0 Å². The fraction of sp³-hybridized carbons (Fsp3) is 0.250. The van der Waals surface area contributed by atoms with Crippen LogP contribution in [-0.4, -0.2) is 10.1 Å². The second-order valence-electron chi connectivity index (χ2n) is 2.44. The zero-order valence-corrected chi connectivity index (χ0v) is 8.42. The molecule has 0 atom stereocenters. The van der Waals surface area contributed by atoms with Gasteiger partial charge in [-0.3, -0.25) is 0 Å². The van der Waals surface area contributed by atoms with Crippen LogP contribution in [0, 0.1) is 11.3 Å². The van der Waals surface area contributed by atoms with Gasteiger partial charge in [-0.15, -0.1) is 0 Å². The van der Waals surface area contributed by atoms with E-state index < -0.39 is 18.6 Å². The lowest BCUT2D eigenvalue weighted by Crippen LogP contribution is -2.01. The van der Waals surface area contributed by atoms with Gasteiger partial charge in [0.05, 0.1) is 12.2 Å². The number of alkyl halides is 2. The maximum Gasteiger partial charge on any atom is 0.267 e. The number of hydrogen-bond acceptors (Lipinski definition) is 3. The fourth-order valence-electron chi connectivity index (χ4n) is 1.03. The highest BCUT2D eigenvalue weighted by Crippen LogP contribution is 2.27. The van der Waals surface area contributed by atoms with Gasteiger partial charge in [0.15, 0.2) is 5.69 Å². The van der Waals surface area contributed by atoms with Crippen LogP contribution in [0.15, 0.2) is 10.7 Å². The van der Waals surface area contributed by atoms with Gasteiger partial charge in [-0.2, -0.15) is 5.26 Å². The van der Waals surface area contributed by atoms with E-state index in [2.05, 4.69) is 20.9 Å². The summed E-state index contributed by atoms with van der Waals surface area (Å²) in [6.07, 6.45) is -2.81. The summed E-state index contributed by atoms with van der Waals surface area (Å²) in [7, 11) is 0. The van der Waals surface area contributed by atoms with Crippen molar-refractivity contribution in [1.29, 1.82) is 5.26 Å². The van der Waals surface area contributed by atoms with Gasteiger partial charge in [0.1, 0.15) is 10.7 Å². The third kappa shape index (κ3) is 2.05. The van der Waals surface area contributed by atoms with Crippen molar-refractivity contribution in [2.24, 2.45) is 0 Å². The van der Waals surface area contributed by atoms with Crippen molar-refractivity contribution in [3.8, 4) is 6.07 Å². The van der Waals surface area contributed by atoms with Crippen LogP contribution in [0.25, 0.3) is 0 Å². The van der Waals surface area contributed by atoms with Crippen molar-refractivity contribution >= 4 is 15.9 Å². The SMILES string of the molecule is N#Cc1nc(Br)cc(CO)c1C(F)F. The average molecular weight is 263 g/mol.